The third-order valence-electron chi connectivity index (χ3n) is 3.92. The highest BCUT2D eigenvalue weighted by atomic mass is 16.5. The van der Waals surface area contributed by atoms with E-state index in [1.165, 1.54) is 0 Å². The lowest BCUT2D eigenvalue weighted by atomic mass is 9.87. The molecule has 4 heteroatoms. The van der Waals surface area contributed by atoms with Crippen LogP contribution in [-0.4, -0.2) is 39.6 Å². The standard InChI is InChI=1S/C16H25NO3/c1-16(9-6-10-20-16)15(17-2)13-7-4-5-8-14(13)19-12-11-18-3/h4-5,7-8,15,17H,6,9-12H2,1-3H3. The Balaban J connectivity index is 2.20. The van der Waals surface area contributed by atoms with Gasteiger partial charge in [-0.2, -0.15) is 0 Å². The van der Waals surface area contributed by atoms with Gasteiger partial charge >= 0.3 is 0 Å². The van der Waals surface area contributed by atoms with Crippen LogP contribution in [0.3, 0.4) is 0 Å². The molecular weight excluding hydrogens is 254 g/mol. The molecule has 1 heterocycles. The van der Waals surface area contributed by atoms with E-state index >= 15 is 0 Å². The molecule has 0 radical (unpaired) electrons. The number of benzene rings is 1. The molecular formula is C16H25NO3. The second kappa shape index (κ2) is 7.07. The van der Waals surface area contributed by atoms with Crippen LogP contribution in [0.25, 0.3) is 0 Å². The number of para-hydroxylation sites is 1. The smallest absolute Gasteiger partial charge is 0.124 e. The van der Waals surface area contributed by atoms with Crippen LogP contribution in [0.15, 0.2) is 24.3 Å². The first-order valence-electron chi connectivity index (χ1n) is 7.23. The molecule has 0 aromatic heterocycles. The largest absolute Gasteiger partial charge is 0.491 e. The molecule has 4 nitrogen and oxygen atoms in total. The van der Waals surface area contributed by atoms with E-state index in [1.807, 2.05) is 25.2 Å². The SMILES string of the molecule is CNC(c1ccccc1OCCOC)C1(C)CCCO1. The first kappa shape index (κ1) is 15.3. The van der Waals surface area contributed by atoms with Crippen LogP contribution >= 0.6 is 0 Å². The van der Waals surface area contributed by atoms with Crippen molar-refractivity contribution in [3.8, 4) is 5.75 Å². The van der Waals surface area contributed by atoms with Crippen molar-refractivity contribution in [1.29, 1.82) is 0 Å². The lowest BCUT2D eigenvalue weighted by Gasteiger charge is -2.34. The van der Waals surface area contributed by atoms with Gasteiger partial charge in [0.15, 0.2) is 0 Å². The van der Waals surface area contributed by atoms with E-state index in [0.717, 1.165) is 30.8 Å². The summed E-state index contributed by atoms with van der Waals surface area (Å²) in [5.74, 6) is 0.903. The molecule has 1 N–H and O–H groups in total. The molecule has 2 unspecified atom stereocenters. The lowest BCUT2D eigenvalue weighted by Crippen LogP contribution is -2.39. The van der Waals surface area contributed by atoms with Crippen molar-refractivity contribution in [2.45, 2.75) is 31.4 Å². The topological polar surface area (TPSA) is 39.7 Å². The number of ether oxygens (including phenoxy) is 3. The average Bonchev–Trinajstić information content (AvgIpc) is 2.89. The Hall–Kier alpha value is -1.10. The van der Waals surface area contributed by atoms with Crippen LogP contribution in [0.5, 0.6) is 5.75 Å². The maximum atomic E-state index is 5.99. The Morgan fingerprint density at radius 3 is 2.80 bits per heavy atom. The van der Waals surface area contributed by atoms with E-state index in [2.05, 4.69) is 18.3 Å². The summed E-state index contributed by atoms with van der Waals surface area (Å²) in [5.41, 5.74) is 0.977. The van der Waals surface area contributed by atoms with Crippen LogP contribution in [0.1, 0.15) is 31.4 Å². The van der Waals surface area contributed by atoms with Gasteiger partial charge in [0.05, 0.1) is 18.2 Å². The van der Waals surface area contributed by atoms with Gasteiger partial charge < -0.3 is 19.5 Å². The predicted molar refractivity (Wildman–Crippen MR) is 79.2 cm³/mol. The zero-order chi connectivity index (χ0) is 14.4. The fraction of sp³-hybridized carbons (Fsp3) is 0.625. The quantitative estimate of drug-likeness (QED) is 0.779. The van der Waals surface area contributed by atoms with Crippen molar-refractivity contribution < 1.29 is 14.2 Å². The van der Waals surface area contributed by atoms with Crippen LogP contribution < -0.4 is 10.1 Å². The van der Waals surface area contributed by atoms with Gasteiger partial charge in [-0.3, -0.25) is 0 Å². The highest BCUT2D eigenvalue weighted by Crippen LogP contribution is 2.40. The molecule has 0 spiro atoms. The summed E-state index contributed by atoms with van der Waals surface area (Å²) in [6, 6.07) is 8.28. The van der Waals surface area contributed by atoms with E-state index in [9.17, 15) is 0 Å². The van der Waals surface area contributed by atoms with Crippen LogP contribution in [0, 0.1) is 0 Å². The van der Waals surface area contributed by atoms with Gasteiger partial charge in [-0.1, -0.05) is 18.2 Å². The molecule has 0 aliphatic carbocycles. The molecule has 1 saturated heterocycles. The molecule has 2 rings (SSSR count). The number of nitrogens with one attached hydrogen (secondary N) is 1. The molecule has 0 saturated carbocycles. The van der Waals surface area contributed by atoms with Crippen LogP contribution in [0.2, 0.25) is 0 Å². The van der Waals surface area contributed by atoms with E-state index in [-0.39, 0.29) is 11.6 Å². The molecule has 112 valence electrons. The van der Waals surface area contributed by atoms with Gasteiger partial charge in [0.2, 0.25) is 0 Å². The lowest BCUT2D eigenvalue weighted by molar-refractivity contribution is -0.0112. The van der Waals surface area contributed by atoms with Gasteiger partial charge in [0, 0.05) is 19.3 Å². The molecule has 0 bridgehead atoms. The minimum absolute atomic E-state index is 0.128. The minimum Gasteiger partial charge on any atom is -0.491 e. The Labute approximate surface area is 121 Å². The van der Waals surface area contributed by atoms with E-state index in [4.69, 9.17) is 14.2 Å². The second-order valence-electron chi connectivity index (χ2n) is 5.37. The highest BCUT2D eigenvalue weighted by molar-refractivity contribution is 5.37. The molecule has 1 aliphatic rings. The third kappa shape index (κ3) is 3.32. The monoisotopic (exact) mass is 279 g/mol. The molecule has 1 aromatic rings. The molecule has 1 aromatic carbocycles. The van der Waals surface area contributed by atoms with Gasteiger partial charge in [0.25, 0.3) is 0 Å². The first-order chi connectivity index (χ1) is 9.71. The van der Waals surface area contributed by atoms with Crippen LogP contribution in [0.4, 0.5) is 0 Å². The summed E-state index contributed by atoms with van der Waals surface area (Å²) in [4.78, 5) is 0. The summed E-state index contributed by atoms with van der Waals surface area (Å²) in [6.45, 7) is 4.16. The van der Waals surface area contributed by atoms with E-state index in [0.29, 0.717) is 13.2 Å². The molecule has 20 heavy (non-hydrogen) atoms. The third-order valence-corrected chi connectivity index (χ3v) is 3.92. The Morgan fingerprint density at radius 1 is 1.35 bits per heavy atom. The van der Waals surface area contributed by atoms with Crippen LogP contribution in [-0.2, 0) is 9.47 Å². The molecule has 0 amide bonds. The van der Waals surface area contributed by atoms with Crippen molar-refractivity contribution >= 4 is 0 Å². The van der Waals surface area contributed by atoms with Crippen molar-refractivity contribution in [2.24, 2.45) is 0 Å². The maximum Gasteiger partial charge on any atom is 0.124 e. The van der Waals surface area contributed by atoms with E-state index < -0.39 is 0 Å². The minimum atomic E-state index is -0.171. The Bertz CT molecular complexity index is 416. The normalized spacial score (nSPS) is 23.8. The van der Waals surface area contributed by atoms with Gasteiger partial charge in [-0.05, 0) is 32.9 Å². The van der Waals surface area contributed by atoms with Crippen molar-refractivity contribution in [2.75, 3.05) is 34.0 Å². The Morgan fingerprint density at radius 2 is 2.15 bits per heavy atom. The maximum absolute atomic E-state index is 5.99. The summed E-state index contributed by atoms with van der Waals surface area (Å²) in [7, 11) is 3.66. The zero-order valence-corrected chi connectivity index (χ0v) is 12.6. The number of hydrogen-bond acceptors (Lipinski definition) is 4. The second-order valence-corrected chi connectivity index (χ2v) is 5.37. The van der Waals surface area contributed by atoms with Gasteiger partial charge in [-0.25, -0.2) is 0 Å². The molecule has 1 aliphatic heterocycles. The summed E-state index contributed by atoms with van der Waals surface area (Å²) < 4.78 is 16.9. The highest BCUT2D eigenvalue weighted by Gasteiger charge is 2.39. The van der Waals surface area contributed by atoms with Crippen molar-refractivity contribution in [3.63, 3.8) is 0 Å². The van der Waals surface area contributed by atoms with Crippen molar-refractivity contribution in [3.05, 3.63) is 29.8 Å². The Kier molecular flexibility index (Phi) is 5.40. The van der Waals surface area contributed by atoms with E-state index in [1.54, 1.807) is 7.11 Å². The number of methoxy groups -OCH3 is 1. The number of rotatable bonds is 7. The fourth-order valence-electron chi connectivity index (χ4n) is 2.90. The summed E-state index contributed by atoms with van der Waals surface area (Å²) >= 11 is 0. The number of hydrogen-bond donors (Lipinski definition) is 1. The molecule has 2 atom stereocenters. The predicted octanol–water partition coefficient (Wildman–Crippen LogP) is 2.54. The average molecular weight is 279 g/mol. The fourth-order valence-corrected chi connectivity index (χ4v) is 2.90. The van der Waals surface area contributed by atoms with Gasteiger partial charge in [0.1, 0.15) is 12.4 Å². The summed E-state index contributed by atoms with van der Waals surface area (Å²) in [6.07, 6.45) is 2.17. The zero-order valence-electron chi connectivity index (χ0n) is 12.6. The first-order valence-corrected chi connectivity index (χ1v) is 7.23. The molecule has 1 fully saturated rings. The number of likely N-dealkylation sites (N-methyl/N-ethyl adjacent to an activating group) is 1. The van der Waals surface area contributed by atoms with Crippen molar-refractivity contribution in [1.82, 2.24) is 5.32 Å². The van der Waals surface area contributed by atoms with Gasteiger partial charge in [-0.15, -0.1) is 0 Å². The summed E-state index contributed by atoms with van der Waals surface area (Å²) in [5, 5.41) is 3.40.